The molecule has 1 N–H and O–H groups in total. The minimum absolute atomic E-state index is 0.105. The smallest absolute Gasteiger partial charge is 0.248 e. The molecule has 0 unspecified atom stereocenters. The maximum atomic E-state index is 11.8. The number of pyridine rings is 1. The van der Waals surface area contributed by atoms with E-state index >= 15 is 0 Å². The summed E-state index contributed by atoms with van der Waals surface area (Å²) in [5.74, 6) is 0.777. The van der Waals surface area contributed by atoms with Gasteiger partial charge in [-0.25, -0.2) is 0 Å². The topological polar surface area (TPSA) is 42.1 Å². The quantitative estimate of drug-likeness (QED) is 0.775. The molecular formula is C17H14BrNO2. The number of hydrogen-bond donors (Lipinski definition) is 1. The van der Waals surface area contributed by atoms with Crippen LogP contribution in [0.3, 0.4) is 0 Å². The van der Waals surface area contributed by atoms with Gasteiger partial charge in [-0.15, -0.1) is 0 Å². The van der Waals surface area contributed by atoms with E-state index in [9.17, 15) is 4.79 Å². The molecule has 3 rings (SSSR count). The van der Waals surface area contributed by atoms with Crippen LogP contribution in [0.15, 0.2) is 57.8 Å². The number of aromatic amines is 1. The highest BCUT2D eigenvalue weighted by Crippen LogP contribution is 2.21. The van der Waals surface area contributed by atoms with Gasteiger partial charge in [0.1, 0.15) is 12.4 Å². The molecular weight excluding hydrogens is 330 g/mol. The molecule has 4 heteroatoms. The minimum atomic E-state index is -0.105. The van der Waals surface area contributed by atoms with Crippen molar-refractivity contribution in [2.75, 3.05) is 0 Å². The Morgan fingerprint density at radius 1 is 1.14 bits per heavy atom. The Morgan fingerprint density at radius 3 is 2.67 bits per heavy atom. The fourth-order valence-electron chi connectivity index (χ4n) is 2.31. The number of halogens is 1. The second-order valence-electron chi connectivity index (χ2n) is 4.90. The molecule has 0 atom stereocenters. The van der Waals surface area contributed by atoms with Crippen molar-refractivity contribution in [2.45, 2.75) is 13.5 Å². The zero-order chi connectivity index (χ0) is 14.8. The van der Waals surface area contributed by atoms with E-state index in [1.165, 1.54) is 0 Å². The lowest BCUT2D eigenvalue weighted by atomic mass is 10.1. The molecule has 0 aliphatic heterocycles. The average Bonchev–Trinajstić information content (AvgIpc) is 2.47. The van der Waals surface area contributed by atoms with Crippen LogP contribution >= 0.6 is 15.9 Å². The standard InChI is InChI=1S/C17H14BrNO2/c1-11-3-2-4-15-12(9-16(20)19-17(11)15)10-21-14-7-5-13(18)6-8-14/h2-9H,10H2,1H3,(H,19,20). The van der Waals surface area contributed by atoms with Gasteiger partial charge in [0.2, 0.25) is 5.56 Å². The van der Waals surface area contributed by atoms with Crippen LogP contribution < -0.4 is 10.3 Å². The molecule has 0 fully saturated rings. The number of ether oxygens (including phenoxy) is 1. The molecule has 0 aliphatic carbocycles. The number of hydrogen-bond acceptors (Lipinski definition) is 2. The first-order valence-electron chi connectivity index (χ1n) is 6.63. The van der Waals surface area contributed by atoms with Crippen molar-refractivity contribution in [3.05, 3.63) is 74.5 Å². The van der Waals surface area contributed by atoms with E-state index in [1.54, 1.807) is 6.07 Å². The van der Waals surface area contributed by atoms with Crippen LogP contribution in [0.5, 0.6) is 5.75 Å². The maximum Gasteiger partial charge on any atom is 0.248 e. The van der Waals surface area contributed by atoms with Crippen LogP contribution in [0.4, 0.5) is 0 Å². The van der Waals surface area contributed by atoms with E-state index in [0.717, 1.165) is 32.3 Å². The van der Waals surface area contributed by atoms with Gasteiger partial charge in [-0.05, 0) is 36.8 Å². The molecule has 3 aromatic rings. The Hall–Kier alpha value is -2.07. The lowest BCUT2D eigenvalue weighted by molar-refractivity contribution is 0.307. The zero-order valence-electron chi connectivity index (χ0n) is 11.5. The van der Waals surface area contributed by atoms with E-state index in [2.05, 4.69) is 20.9 Å². The lowest BCUT2D eigenvalue weighted by Gasteiger charge is -2.10. The molecule has 0 spiro atoms. The van der Waals surface area contributed by atoms with Gasteiger partial charge in [0.15, 0.2) is 0 Å². The second-order valence-corrected chi connectivity index (χ2v) is 5.81. The first-order valence-corrected chi connectivity index (χ1v) is 7.43. The van der Waals surface area contributed by atoms with Gasteiger partial charge in [-0.2, -0.15) is 0 Å². The Kier molecular flexibility index (Phi) is 3.80. The third kappa shape index (κ3) is 3.00. The first-order chi connectivity index (χ1) is 10.1. The van der Waals surface area contributed by atoms with E-state index in [4.69, 9.17) is 4.74 Å². The normalized spacial score (nSPS) is 10.8. The Morgan fingerprint density at radius 2 is 1.90 bits per heavy atom. The van der Waals surface area contributed by atoms with Gasteiger partial charge in [-0.1, -0.05) is 34.1 Å². The van der Waals surface area contributed by atoms with Gasteiger partial charge in [-0.3, -0.25) is 4.79 Å². The predicted molar refractivity (Wildman–Crippen MR) is 87.8 cm³/mol. The third-order valence-corrected chi connectivity index (χ3v) is 3.91. The fraction of sp³-hybridized carbons (Fsp3) is 0.118. The molecule has 1 aromatic heterocycles. The summed E-state index contributed by atoms with van der Waals surface area (Å²) in [6, 6.07) is 15.2. The SMILES string of the molecule is Cc1cccc2c(COc3ccc(Br)cc3)cc(=O)[nH]c12. The summed E-state index contributed by atoms with van der Waals surface area (Å²) in [5.41, 5.74) is 2.71. The largest absolute Gasteiger partial charge is 0.489 e. The number of aromatic nitrogens is 1. The van der Waals surface area contributed by atoms with E-state index in [1.807, 2.05) is 49.4 Å². The number of H-pyrrole nitrogens is 1. The minimum Gasteiger partial charge on any atom is -0.489 e. The predicted octanol–water partition coefficient (Wildman–Crippen LogP) is 4.18. The van der Waals surface area contributed by atoms with Gasteiger partial charge in [0.25, 0.3) is 0 Å². The van der Waals surface area contributed by atoms with Gasteiger partial charge >= 0.3 is 0 Å². The summed E-state index contributed by atoms with van der Waals surface area (Å²) in [4.78, 5) is 14.7. The van der Waals surface area contributed by atoms with E-state index < -0.39 is 0 Å². The van der Waals surface area contributed by atoms with Crippen LogP contribution in [0, 0.1) is 6.92 Å². The number of benzene rings is 2. The average molecular weight is 344 g/mol. The highest BCUT2D eigenvalue weighted by atomic mass is 79.9. The molecule has 3 nitrogen and oxygen atoms in total. The molecule has 0 saturated carbocycles. The van der Waals surface area contributed by atoms with Crippen molar-refractivity contribution in [3.8, 4) is 5.75 Å². The van der Waals surface area contributed by atoms with Gasteiger partial charge in [0.05, 0.1) is 5.52 Å². The summed E-state index contributed by atoms with van der Waals surface area (Å²) < 4.78 is 6.78. The Balaban J connectivity index is 1.95. The molecule has 0 radical (unpaired) electrons. The number of para-hydroxylation sites is 1. The summed E-state index contributed by atoms with van der Waals surface area (Å²) >= 11 is 3.39. The summed E-state index contributed by atoms with van der Waals surface area (Å²) in [5, 5.41) is 1.02. The molecule has 0 bridgehead atoms. The summed E-state index contributed by atoms with van der Waals surface area (Å²) in [6.45, 7) is 2.35. The molecule has 0 aliphatic rings. The molecule has 21 heavy (non-hydrogen) atoms. The number of nitrogens with one attached hydrogen (secondary N) is 1. The molecule has 2 aromatic carbocycles. The number of rotatable bonds is 3. The van der Waals surface area contributed by atoms with Gasteiger partial charge < -0.3 is 9.72 Å². The van der Waals surface area contributed by atoms with Crippen LogP contribution in [0.2, 0.25) is 0 Å². The molecule has 1 heterocycles. The number of aryl methyl sites for hydroxylation is 1. The van der Waals surface area contributed by atoms with Crippen molar-refractivity contribution < 1.29 is 4.74 Å². The van der Waals surface area contributed by atoms with Crippen molar-refractivity contribution in [1.82, 2.24) is 4.98 Å². The molecule has 0 amide bonds. The highest BCUT2D eigenvalue weighted by Gasteiger charge is 2.06. The van der Waals surface area contributed by atoms with E-state index in [0.29, 0.717) is 6.61 Å². The van der Waals surface area contributed by atoms with Crippen LogP contribution in [0.1, 0.15) is 11.1 Å². The van der Waals surface area contributed by atoms with Gasteiger partial charge in [0, 0.05) is 21.5 Å². The Bertz CT molecular complexity index is 838. The monoisotopic (exact) mass is 343 g/mol. The first kappa shape index (κ1) is 13.9. The number of fused-ring (bicyclic) bond motifs is 1. The second kappa shape index (κ2) is 5.74. The zero-order valence-corrected chi connectivity index (χ0v) is 13.1. The van der Waals surface area contributed by atoms with E-state index in [-0.39, 0.29) is 5.56 Å². The summed E-state index contributed by atoms with van der Waals surface area (Å²) in [6.07, 6.45) is 0. The third-order valence-electron chi connectivity index (χ3n) is 3.38. The molecule has 106 valence electrons. The highest BCUT2D eigenvalue weighted by molar-refractivity contribution is 9.10. The maximum absolute atomic E-state index is 11.8. The Labute approximate surface area is 130 Å². The van der Waals surface area contributed by atoms with Crippen molar-refractivity contribution in [3.63, 3.8) is 0 Å². The van der Waals surface area contributed by atoms with Crippen molar-refractivity contribution in [2.24, 2.45) is 0 Å². The fourth-order valence-corrected chi connectivity index (χ4v) is 2.57. The van der Waals surface area contributed by atoms with Crippen molar-refractivity contribution in [1.29, 1.82) is 0 Å². The lowest BCUT2D eigenvalue weighted by Crippen LogP contribution is -2.09. The molecule has 0 saturated heterocycles. The van der Waals surface area contributed by atoms with Crippen LogP contribution in [0.25, 0.3) is 10.9 Å². The summed E-state index contributed by atoms with van der Waals surface area (Å²) in [7, 11) is 0. The van der Waals surface area contributed by atoms with Crippen molar-refractivity contribution >= 4 is 26.8 Å². The van der Waals surface area contributed by atoms with Crippen LogP contribution in [-0.4, -0.2) is 4.98 Å². The van der Waals surface area contributed by atoms with Crippen LogP contribution in [-0.2, 0) is 6.61 Å².